The van der Waals surface area contributed by atoms with E-state index in [-0.39, 0.29) is 0 Å². The van der Waals surface area contributed by atoms with Crippen molar-refractivity contribution >= 4 is 21.7 Å². The van der Waals surface area contributed by atoms with Crippen LogP contribution in [0.2, 0.25) is 0 Å². The monoisotopic (exact) mass is 321 g/mol. The summed E-state index contributed by atoms with van der Waals surface area (Å²) in [6.45, 7) is 0.621. The van der Waals surface area contributed by atoms with E-state index in [9.17, 15) is 0 Å². The minimum Gasteiger partial charge on any atom is -0.488 e. The summed E-state index contributed by atoms with van der Waals surface area (Å²) >= 11 is 0. The van der Waals surface area contributed by atoms with Crippen LogP contribution < -0.4 is 4.74 Å². The number of benzene rings is 3. The molecule has 0 unspecified atom stereocenters. The number of rotatable bonds is 4. The van der Waals surface area contributed by atoms with Gasteiger partial charge >= 0.3 is 0 Å². The van der Waals surface area contributed by atoms with Crippen LogP contribution in [0.3, 0.4) is 0 Å². The minimum absolute atomic E-state index is 0.431. The summed E-state index contributed by atoms with van der Waals surface area (Å²) in [5.41, 5.74) is 1.21. The highest BCUT2D eigenvalue weighted by Crippen LogP contribution is 2.34. The van der Waals surface area contributed by atoms with E-state index in [0.29, 0.717) is 17.5 Å². The second kappa shape index (κ2) is 6.67. The summed E-state index contributed by atoms with van der Waals surface area (Å²) < 4.78 is 6.13. The van der Waals surface area contributed by atoms with Crippen molar-refractivity contribution in [3.8, 4) is 5.75 Å². The van der Waals surface area contributed by atoms with E-state index in [0.717, 1.165) is 5.75 Å². The van der Waals surface area contributed by atoms with Crippen molar-refractivity contribution in [2.45, 2.75) is 24.3 Å². The van der Waals surface area contributed by atoms with E-state index in [2.05, 4.69) is 60.7 Å². The summed E-state index contributed by atoms with van der Waals surface area (Å²) in [5, 5.41) is 2.63. The lowest BCUT2D eigenvalue weighted by molar-refractivity contribution is 0.310. The molecule has 23 heavy (non-hydrogen) atoms. The van der Waals surface area contributed by atoms with Gasteiger partial charge in [0.25, 0.3) is 0 Å². The molecule has 116 valence electrons. The summed E-state index contributed by atoms with van der Waals surface area (Å²) in [7, 11) is 0.431. The van der Waals surface area contributed by atoms with Crippen LogP contribution in [0.25, 0.3) is 10.8 Å². The van der Waals surface area contributed by atoms with Crippen LogP contribution in [0, 0.1) is 0 Å². The lowest BCUT2D eigenvalue weighted by Crippen LogP contribution is -2.04. The number of ether oxygens (including phenoxy) is 1. The molecule has 1 fully saturated rings. The maximum atomic E-state index is 6.13. The molecule has 3 aromatic carbocycles. The molecule has 1 nitrogen and oxygen atoms in total. The molecule has 1 aliphatic heterocycles. The van der Waals surface area contributed by atoms with E-state index in [1.807, 2.05) is 6.07 Å². The average Bonchev–Trinajstić information content (AvgIpc) is 3.15. The maximum Gasteiger partial charge on any atom is 0.162 e. The normalized spacial score (nSPS) is 15.1. The van der Waals surface area contributed by atoms with Gasteiger partial charge < -0.3 is 4.74 Å². The number of hydrogen-bond acceptors (Lipinski definition) is 1. The molecule has 3 aromatic rings. The lowest BCUT2D eigenvalue weighted by Gasteiger charge is -2.11. The Morgan fingerprint density at radius 1 is 0.739 bits per heavy atom. The van der Waals surface area contributed by atoms with Gasteiger partial charge in [0.2, 0.25) is 0 Å². The smallest absolute Gasteiger partial charge is 0.162 e. The minimum atomic E-state index is 0.431. The van der Waals surface area contributed by atoms with Crippen LogP contribution in [-0.4, -0.2) is 11.5 Å². The third-order valence-electron chi connectivity index (χ3n) is 4.42. The molecule has 0 aliphatic carbocycles. The van der Waals surface area contributed by atoms with Gasteiger partial charge in [-0.15, -0.1) is 0 Å². The zero-order valence-corrected chi connectivity index (χ0v) is 14.0. The maximum absolute atomic E-state index is 6.13. The molecule has 0 bridgehead atoms. The highest BCUT2D eigenvalue weighted by molar-refractivity contribution is 7.97. The molecule has 0 aromatic heterocycles. The summed E-state index contributed by atoms with van der Waals surface area (Å²) in [6, 6.07) is 23.5. The molecular weight excluding hydrogens is 300 g/mol. The second-order valence-electron chi connectivity index (χ2n) is 5.99. The molecule has 0 radical (unpaired) electrons. The Hall–Kier alpha value is -1.93. The van der Waals surface area contributed by atoms with Crippen LogP contribution in [0.4, 0.5) is 0 Å². The topological polar surface area (TPSA) is 9.23 Å². The van der Waals surface area contributed by atoms with E-state index in [4.69, 9.17) is 4.74 Å². The standard InChI is InChI=1S/C21H21OS/c1-2-8-17(9-3-1)16-22-20-12-6-11-19-18(20)10-7-13-21(19)23-14-4-5-15-23/h1-3,6-13H,4-5,14-16H2/q+1. The van der Waals surface area contributed by atoms with Crippen LogP contribution in [0.5, 0.6) is 5.75 Å². The van der Waals surface area contributed by atoms with E-state index >= 15 is 0 Å². The Morgan fingerprint density at radius 3 is 2.30 bits per heavy atom. The van der Waals surface area contributed by atoms with Gasteiger partial charge in [-0.1, -0.05) is 48.5 Å². The molecule has 0 saturated carbocycles. The Balaban J connectivity index is 1.66. The van der Waals surface area contributed by atoms with Crippen molar-refractivity contribution in [3.05, 3.63) is 72.3 Å². The largest absolute Gasteiger partial charge is 0.488 e. The van der Waals surface area contributed by atoms with Gasteiger partial charge in [0.05, 0.1) is 0 Å². The van der Waals surface area contributed by atoms with E-state index < -0.39 is 0 Å². The molecule has 1 heterocycles. The molecule has 0 atom stereocenters. The molecular formula is C21H21OS+. The van der Waals surface area contributed by atoms with Gasteiger partial charge in [0.1, 0.15) is 23.9 Å². The molecule has 2 heteroatoms. The summed E-state index contributed by atoms with van der Waals surface area (Å²) in [5.74, 6) is 3.71. The fourth-order valence-corrected chi connectivity index (χ4v) is 5.75. The van der Waals surface area contributed by atoms with Crippen molar-refractivity contribution in [1.82, 2.24) is 0 Å². The van der Waals surface area contributed by atoms with Gasteiger partial charge in [-0.3, -0.25) is 0 Å². The highest BCUT2D eigenvalue weighted by Gasteiger charge is 2.28. The quantitative estimate of drug-likeness (QED) is 0.601. The Kier molecular flexibility index (Phi) is 4.25. The van der Waals surface area contributed by atoms with Gasteiger partial charge in [0, 0.05) is 21.7 Å². The SMILES string of the molecule is c1ccc(COc2cccc3c([S+]4CCCC4)cccc23)cc1. The van der Waals surface area contributed by atoms with Crippen LogP contribution >= 0.6 is 0 Å². The van der Waals surface area contributed by atoms with Gasteiger partial charge in [-0.2, -0.15) is 0 Å². The second-order valence-corrected chi connectivity index (χ2v) is 8.23. The third-order valence-corrected chi connectivity index (χ3v) is 6.96. The molecule has 1 aliphatic rings. The van der Waals surface area contributed by atoms with Gasteiger partial charge in [-0.05, 0) is 36.6 Å². The molecule has 0 spiro atoms. The Morgan fingerprint density at radius 2 is 1.48 bits per heavy atom. The van der Waals surface area contributed by atoms with Gasteiger partial charge in [0.15, 0.2) is 4.90 Å². The summed E-state index contributed by atoms with van der Waals surface area (Å²) in [6.07, 6.45) is 2.76. The predicted molar refractivity (Wildman–Crippen MR) is 99.3 cm³/mol. The average molecular weight is 321 g/mol. The number of fused-ring (bicyclic) bond motifs is 1. The number of hydrogen-bond donors (Lipinski definition) is 0. The first kappa shape index (κ1) is 14.6. The fraction of sp³-hybridized carbons (Fsp3) is 0.238. The highest BCUT2D eigenvalue weighted by atomic mass is 32.2. The van der Waals surface area contributed by atoms with Crippen molar-refractivity contribution < 1.29 is 4.74 Å². The lowest BCUT2D eigenvalue weighted by atomic mass is 10.1. The Bertz CT molecular complexity index is 791. The van der Waals surface area contributed by atoms with Crippen LogP contribution in [0.1, 0.15) is 18.4 Å². The Labute approximate surface area is 140 Å². The van der Waals surface area contributed by atoms with Crippen LogP contribution in [-0.2, 0) is 17.5 Å². The van der Waals surface area contributed by atoms with Crippen molar-refractivity contribution in [1.29, 1.82) is 0 Å². The molecule has 1 saturated heterocycles. The van der Waals surface area contributed by atoms with Gasteiger partial charge in [-0.25, -0.2) is 0 Å². The zero-order valence-electron chi connectivity index (χ0n) is 13.2. The first-order valence-electron chi connectivity index (χ1n) is 8.28. The van der Waals surface area contributed by atoms with Crippen molar-refractivity contribution in [2.24, 2.45) is 0 Å². The summed E-state index contributed by atoms with van der Waals surface area (Å²) in [4.78, 5) is 1.53. The first-order valence-corrected chi connectivity index (χ1v) is 9.84. The third kappa shape index (κ3) is 3.09. The van der Waals surface area contributed by atoms with Crippen molar-refractivity contribution in [3.63, 3.8) is 0 Å². The zero-order chi connectivity index (χ0) is 15.5. The first-order chi connectivity index (χ1) is 11.4. The van der Waals surface area contributed by atoms with Crippen LogP contribution in [0.15, 0.2) is 71.6 Å². The van der Waals surface area contributed by atoms with E-state index in [1.165, 1.54) is 45.6 Å². The fourth-order valence-electron chi connectivity index (χ4n) is 3.24. The molecule has 0 amide bonds. The molecule has 0 N–H and O–H groups in total. The van der Waals surface area contributed by atoms with E-state index in [1.54, 1.807) is 0 Å². The predicted octanol–water partition coefficient (Wildman–Crippen LogP) is 5.19. The molecule has 4 rings (SSSR count). The van der Waals surface area contributed by atoms with Crippen molar-refractivity contribution in [2.75, 3.05) is 11.5 Å².